The number of methoxy groups -OCH3 is 1. The van der Waals surface area contributed by atoms with Gasteiger partial charge in [-0.1, -0.05) is 12.1 Å². The second-order valence-corrected chi connectivity index (χ2v) is 3.03. The maximum absolute atomic E-state index is 11.6. The number of ketones is 1. The summed E-state index contributed by atoms with van der Waals surface area (Å²) in [5.41, 5.74) is 0.480. The molecule has 0 fully saturated rings. The Balaban J connectivity index is 2.77. The standard InChI is InChI=1S/C11H13NO3/c1-8(13)12-7-10(14)9-5-3-4-6-11(9)15-2/h3-6H,7H2,1-2H3,(H,12,13). The van der Waals surface area contributed by atoms with Gasteiger partial charge in [0.15, 0.2) is 5.78 Å². The Morgan fingerprint density at radius 3 is 2.60 bits per heavy atom. The number of ether oxygens (including phenoxy) is 1. The Morgan fingerprint density at radius 1 is 1.33 bits per heavy atom. The SMILES string of the molecule is COc1ccccc1C(=O)CNC(C)=O. The molecule has 0 saturated heterocycles. The minimum atomic E-state index is -0.224. The highest BCUT2D eigenvalue weighted by molar-refractivity contribution is 6.01. The van der Waals surface area contributed by atoms with E-state index in [1.54, 1.807) is 24.3 Å². The zero-order chi connectivity index (χ0) is 11.3. The largest absolute Gasteiger partial charge is 0.496 e. The number of para-hydroxylation sites is 1. The van der Waals surface area contributed by atoms with E-state index in [1.807, 2.05) is 0 Å². The number of hydrogen-bond acceptors (Lipinski definition) is 3. The van der Waals surface area contributed by atoms with Crippen LogP contribution in [0.25, 0.3) is 0 Å². The van der Waals surface area contributed by atoms with Gasteiger partial charge in [-0.2, -0.15) is 0 Å². The summed E-state index contributed by atoms with van der Waals surface area (Å²) in [4.78, 5) is 22.3. The molecular weight excluding hydrogens is 194 g/mol. The first-order valence-electron chi connectivity index (χ1n) is 4.56. The molecular formula is C11H13NO3. The fourth-order valence-electron chi connectivity index (χ4n) is 1.17. The topological polar surface area (TPSA) is 55.4 Å². The summed E-state index contributed by atoms with van der Waals surface area (Å²) < 4.78 is 5.04. The Kier molecular flexibility index (Phi) is 3.85. The minimum absolute atomic E-state index is 0.00426. The predicted octanol–water partition coefficient (Wildman–Crippen LogP) is 1.01. The summed E-state index contributed by atoms with van der Waals surface area (Å²) in [6.45, 7) is 1.37. The molecule has 0 radical (unpaired) electrons. The molecule has 1 amide bonds. The molecule has 0 atom stereocenters. The highest BCUT2D eigenvalue weighted by atomic mass is 16.5. The molecule has 0 bridgehead atoms. The summed E-state index contributed by atoms with van der Waals surface area (Å²) in [7, 11) is 1.50. The highest BCUT2D eigenvalue weighted by Crippen LogP contribution is 2.17. The van der Waals surface area contributed by atoms with Gasteiger partial charge in [0, 0.05) is 6.92 Å². The smallest absolute Gasteiger partial charge is 0.217 e. The fraction of sp³-hybridized carbons (Fsp3) is 0.273. The fourth-order valence-corrected chi connectivity index (χ4v) is 1.17. The molecule has 0 spiro atoms. The van der Waals surface area contributed by atoms with E-state index in [4.69, 9.17) is 4.74 Å². The van der Waals surface area contributed by atoms with Crippen molar-refractivity contribution < 1.29 is 14.3 Å². The van der Waals surface area contributed by atoms with Crippen molar-refractivity contribution >= 4 is 11.7 Å². The van der Waals surface area contributed by atoms with Gasteiger partial charge in [-0.3, -0.25) is 9.59 Å². The Hall–Kier alpha value is -1.84. The van der Waals surface area contributed by atoms with E-state index in [9.17, 15) is 9.59 Å². The van der Waals surface area contributed by atoms with Crippen molar-refractivity contribution in [3.8, 4) is 5.75 Å². The van der Waals surface area contributed by atoms with Gasteiger partial charge in [0.2, 0.25) is 5.91 Å². The van der Waals surface area contributed by atoms with Crippen molar-refractivity contribution in [3.05, 3.63) is 29.8 Å². The summed E-state index contributed by atoms with van der Waals surface area (Å²) in [6, 6.07) is 6.92. The third-order valence-corrected chi connectivity index (χ3v) is 1.91. The van der Waals surface area contributed by atoms with Gasteiger partial charge in [0.05, 0.1) is 19.2 Å². The number of nitrogens with one attached hydrogen (secondary N) is 1. The zero-order valence-corrected chi connectivity index (χ0v) is 8.74. The molecule has 4 nitrogen and oxygen atoms in total. The van der Waals surface area contributed by atoms with Gasteiger partial charge in [-0.15, -0.1) is 0 Å². The number of amides is 1. The van der Waals surface area contributed by atoms with Gasteiger partial charge in [-0.25, -0.2) is 0 Å². The van der Waals surface area contributed by atoms with Crippen LogP contribution >= 0.6 is 0 Å². The van der Waals surface area contributed by atoms with Crippen molar-refractivity contribution in [3.63, 3.8) is 0 Å². The molecule has 1 N–H and O–H groups in total. The summed E-state index contributed by atoms with van der Waals surface area (Å²) in [6.07, 6.45) is 0. The van der Waals surface area contributed by atoms with Crippen molar-refractivity contribution in [2.45, 2.75) is 6.92 Å². The van der Waals surface area contributed by atoms with Crippen LogP contribution in [0.4, 0.5) is 0 Å². The number of carbonyl (C=O) groups excluding carboxylic acids is 2. The van der Waals surface area contributed by atoms with E-state index in [1.165, 1.54) is 14.0 Å². The zero-order valence-electron chi connectivity index (χ0n) is 8.74. The molecule has 0 heterocycles. The Labute approximate surface area is 88.2 Å². The first-order valence-corrected chi connectivity index (χ1v) is 4.56. The molecule has 1 aromatic carbocycles. The number of benzene rings is 1. The lowest BCUT2D eigenvalue weighted by atomic mass is 10.1. The van der Waals surface area contributed by atoms with Crippen molar-refractivity contribution in [1.82, 2.24) is 5.32 Å². The summed E-state index contributed by atoms with van der Waals surface area (Å²) in [5, 5.41) is 2.45. The van der Waals surface area contributed by atoms with Crippen LogP contribution in [0.3, 0.4) is 0 Å². The third-order valence-electron chi connectivity index (χ3n) is 1.91. The first kappa shape index (κ1) is 11.2. The molecule has 0 saturated carbocycles. The van der Waals surface area contributed by atoms with E-state index >= 15 is 0 Å². The van der Waals surface area contributed by atoms with Crippen LogP contribution in [-0.2, 0) is 4.79 Å². The van der Waals surface area contributed by atoms with E-state index < -0.39 is 0 Å². The maximum atomic E-state index is 11.6. The molecule has 0 aliphatic rings. The average molecular weight is 207 g/mol. The Morgan fingerprint density at radius 2 is 2.00 bits per heavy atom. The third kappa shape index (κ3) is 3.09. The van der Waals surface area contributed by atoms with Gasteiger partial charge in [-0.05, 0) is 12.1 Å². The van der Waals surface area contributed by atoms with Gasteiger partial charge in [0.25, 0.3) is 0 Å². The lowest BCUT2D eigenvalue weighted by molar-refractivity contribution is -0.118. The minimum Gasteiger partial charge on any atom is -0.496 e. The second kappa shape index (κ2) is 5.14. The molecule has 15 heavy (non-hydrogen) atoms. The van der Waals surface area contributed by atoms with Gasteiger partial charge in [0.1, 0.15) is 5.75 Å². The maximum Gasteiger partial charge on any atom is 0.217 e. The van der Waals surface area contributed by atoms with Crippen LogP contribution in [0.2, 0.25) is 0 Å². The average Bonchev–Trinajstić information content (AvgIpc) is 2.25. The van der Waals surface area contributed by atoms with Crippen molar-refractivity contribution in [2.75, 3.05) is 13.7 Å². The molecule has 4 heteroatoms. The van der Waals surface area contributed by atoms with Crippen LogP contribution in [0.1, 0.15) is 17.3 Å². The quantitative estimate of drug-likeness (QED) is 0.750. The monoisotopic (exact) mass is 207 g/mol. The molecule has 0 unspecified atom stereocenters. The molecule has 0 aromatic heterocycles. The number of carbonyl (C=O) groups is 2. The number of Topliss-reactive ketones (excluding diaryl/α,β-unsaturated/α-hetero) is 1. The van der Waals surface area contributed by atoms with Gasteiger partial charge < -0.3 is 10.1 Å². The number of hydrogen-bond donors (Lipinski definition) is 1. The normalized spacial score (nSPS) is 9.47. The van der Waals surface area contributed by atoms with Crippen LogP contribution < -0.4 is 10.1 Å². The van der Waals surface area contributed by atoms with E-state index in [0.29, 0.717) is 11.3 Å². The summed E-state index contributed by atoms with van der Waals surface area (Å²) >= 11 is 0. The molecule has 80 valence electrons. The first-order chi connectivity index (χ1) is 7.15. The lowest BCUT2D eigenvalue weighted by Gasteiger charge is -2.06. The van der Waals surface area contributed by atoms with Crippen molar-refractivity contribution in [1.29, 1.82) is 0 Å². The summed E-state index contributed by atoms with van der Waals surface area (Å²) in [5.74, 6) is 0.133. The van der Waals surface area contributed by atoms with Crippen LogP contribution in [0.15, 0.2) is 24.3 Å². The molecule has 0 aliphatic carbocycles. The molecule has 0 aliphatic heterocycles. The van der Waals surface area contributed by atoms with E-state index in [2.05, 4.69) is 5.32 Å². The highest BCUT2D eigenvalue weighted by Gasteiger charge is 2.11. The second-order valence-electron chi connectivity index (χ2n) is 3.03. The predicted molar refractivity (Wildman–Crippen MR) is 56.0 cm³/mol. The number of rotatable bonds is 4. The molecule has 1 rings (SSSR count). The Bertz CT molecular complexity index is 374. The lowest BCUT2D eigenvalue weighted by Crippen LogP contribution is -2.27. The van der Waals surface area contributed by atoms with Crippen LogP contribution in [0, 0.1) is 0 Å². The molecule has 1 aromatic rings. The van der Waals surface area contributed by atoms with Crippen LogP contribution in [0.5, 0.6) is 5.75 Å². The van der Waals surface area contributed by atoms with Gasteiger partial charge >= 0.3 is 0 Å². The van der Waals surface area contributed by atoms with E-state index in [0.717, 1.165) is 0 Å². The van der Waals surface area contributed by atoms with Crippen LogP contribution in [-0.4, -0.2) is 25.3 Å². The van der Waals surface area contributed by atoms with E-state index in [-0.39, 0.29) is 18.2 Å². The van der Waals surface area contributed by atoms with Crippen molar-refractivity contribution in [2.24, 2.45) is 0 Å².